The van der Waals surface area contributed by atoms with E-state index in [1.165, 1.54) is 11.1 Å². The van der Waals surface area contributed by atoms with Crippen LogP contribution in [0.25, 0.3) is 0 Å². The minimum Gasteiger partial charge on any atom is -0.330 e. The standard InChI is InChI=1S/C19H26N2/c1-16(13-20)17(2)21(14-18-9-5-3-6-10-18)15-19-11-7-4-8-12-19/h3-12,16-17H,13-15,20H2,1-2H3. The summed E-state index contributed by atoms with van der Waals surface area (Å²) >= 11 is 0. The molecule has 0 saturated carbocycles. The molecule has 2 unspecified atom stereocenters. The SMILES string of the molecule is CC(CN)C(C)N(Cc1ccccc1)Cc1ccccc1. The van der Waals surface area contributed by atoms with Crippen LogP contribution in [0.4, 0.5) is 0 Å². The minimum absolute atomic E-state index is 0.454. The van der Waals surface area contributed by atoms with Gasteiger partial charge in [-0.25, -0.2) is 0 Å². The Morgan fingerprint density at radius 2 is 1.24 bits per heavy atom. The van der Waals surface area contributed by atoms with E-state index in [1.54, 1.807) is 0 Å². The van der Waals surface area contributed by atoms with E-state index in [0.29, 0.717) is 12.0 Å². The van der Waals surface area contributed by atoms with Crippen molar-refractivity contribution in [2.75, 3.05) is 6.54 Å². The third kappa shape index (κ3) is 4.69. The molecule has 21 heavy (non-hydrogen) atoms. The summed E-state index contributed by atoms with van der Waals surface area (Å²) in [4.78, 5) is 2.52. The molecule has 2 heteroatoms. The smallest absolute Gasteiger partial charge is 0.0240 e. The van der Waals surface area contributed by atoms with Gasteiger partial charge in [0.15, 0.2) is 0 Å². The Hall–Kier alpha value is -1.64. The van der Waals surface area contributed by atoms with Crippen LogP contribution in [0.15, 0.2) is 60.7 Å². The first kappa shape index (κ1) is 15.7. The van der Waals surface area contributed by atoms with E-state index in [1.807, 2.05) is 0 Å². The van der Waals surface area contributed by atoms with Gasteiger partial charge in [0.2, 0.25) is 0 Å². The predicted octanol–water partition coefficient (Wildman–Crippen LogP) is 3.67. The van der Waals surface area contributed by atoms with Crippen molar-refractivity contribution in [1.29, 1.82) is 0 Å². The zero-order valence-corrected chi connectivity index (χ0v) is 13.1. The normalized spacial score (nSPS) is 14.1. The van der Waals surface area contributed by atoms with E-state index in [0.717, 1.165) is 19.6 Å². The third-order valence-corrected chi connectivity index (χ3v) is 4.23. The molecule has 0 saturated heterocycles. The molecule has 2 rings (SSSR count). The summed E-state index contributed by atoms with van der Waals surface area (Å²) in [5.41, 5.74) is 8.57. The molecule has 0 spiro atoms. The van der Waals surface area contributed by atoms with Crippen LogP contribution in [0.2, 0.25) is 0 Å². The molecule has 0 aromatic heterocycles. The zero-order chi connectivity index (χ0) is 15.1. The summed E-state index contributed by atoms with van der Waals surface area (Å²) in [6, 6.07) is 21.8. The first-order chi connectivity index (χ1) is 10.2. The molecule has 0 aliphatic rings. The first-order valence-corrected chi connectivity index (χ1v) is 7.72. The quantitative estimate of drug-likeness (QED) is 0.839. The minimum atomic E-state index is 0.454. The summed E-state index contributed by atoms with van der Waals surface area (Å²) in [5.74, 6) is 0.484. The molecule has 2 aromatic carbocycles. The maximum absolute atomic E-state index is 5.87. The van der Waals surface area contributed by atoms with Crippen molar-refractivity contribution in [3.63, 3.8) is 0 Å². The molecular weight excluding hydrogens is 256 g/mol. The Labute approximate surface area is 128 Å². The summed E-state index contributed by atoms with van der Waals surface area (Å²) in [5, 5.41) is 0. The van der Waals surface area contributed by atoms with Gasteiger partial charge in [0.25, 0.3) is 0 Å². The van der Waals surface area contributed by atoms with Crippen LogP contribution < -0.4 is 5.73 Å². The van der Waals surface area contributed by atoms with Crippen LogP contribution in [-0.4, -0.2) is 17.5 Å². The van der Waals surface area contributed by atoms with Gasteiger partial charge in [-0.15, -0.1) is 0 Å². The second kappa shape index (κ2) is 7.96. The van der Waals surface area contributed by atoms with Crippen molar-refractivity contribution >= 4 is 0 Å². The molecule has 2 N–H and O–H groups in total. The maximum atomic E-state index is 5.87. The Morgan fingerprint density at radius 1 is 0.810 bits per heavy atom. The van der Waals surface area contributed by atoms with Gasteiger partial charge in [0.1, 0.15) is 0 Å². The molecule has 2 atom stereocenters. The van der Waals surface area contributed by atoms with Gasteiger partial charge < -0.3 is 5.73 Å². The van der Waals surface area contributed by atoms with E-state index in [-0.39, 0.29) is 0 Å². The molecule has 0 fully saturated rings. The molecular formula is C19H26N2. The Morgan fingerprint density at radius 3 is 1.62 bits per heavy atom. The monoisotopic (exact) mass is 282 g/mol. The van der Waals surface area contributed by atoms with E-state index >= 15 is 0 Å². The van der Waals surface area contributed by atoms with Crippen molar-refractivity contribution in [1.82, 2.24) is 4.90 Å². The van der Waals surface area contributed by atoms with E-state index in [9.17, 15) is 0 Å². The highest BCUT2D eigenvalue weighted by Crippen LogP contribution is 2.17. The maximum Gasteiger partial charge on any atom is 0.0240 e. The molecule has 0 amide bonds. The topological polar surface area (TPSA) is 29.3 Å². The van der Waals surface area contributed by atoms with Crippen molar-refractivity contribution in [3.8, 4) is 0 Å². The van der Waals surface area contributed by atoms with E-state index in [4.69, 9.17) is 5.73 Å². The van der Waals surface area contributed by atoms with Crippen LogP contribution in [0.5, 0.6) is 0 Å². The summed E-state index contributed by atoms with van der Waals surface area (Å²) in [6.45, 7) is 7.15. The second-order valence-corrected chi connectivity index (χ2v) is 5.83. The number of hydrogen-bond donors (Lipinski definition) is 1. The van der Waals surface area contributed by atoms with Gasteiger partial charge in [-0.2, -0.15) is 0 Å². The Kier molecular flexibility index (Phi) is 5.97. The molecule has 112 valence electrons. The number of hydrogen-bond acceptors (Lipinski definition) is 2. The molecule has 0 aliphatic heterocycles. The van der Waals surface area contributed by atoms with Gasteiger partial charge in [0.05, 0.1) is 0 Å². The third-order valence-electron chi connectivity index (χ3n) is 4.23. The Bertz CT molecular complexity index is 468. The highest BCUT2D eigenvalue weighted by molar-refractivity contribution is 5.17. The fraction of sp³-hybridized carbons (Fsp3) is 0.368. The van der Waals surface area contributed by atoms with Crippen LogP contribution in [0, 0.1) is 5.92 Å². The molecule has 0 heterocycles. The number of nitrogens with zero attached hydrogens (tertiary/aromatic N) is 1. The predicted molar refractivity (Wildman–Crippen MR) is 89.8 cm³/mol. The zero-order valence-electron chi connectivity index (χ0n) is 13.1. The molecule has 2 aromatic rings. The second-order valence-electron chi connectivity index (χ2n) is 5.83. The number of benzene rings is 2. The van der Waals surface area contributed by atoms with E-state index in [2.05, 4.69) is 79.4 Å². The lowest BCUT2D eigenvalue weighted by atomic mass is 10.0. The van der Waals surface area contributed by atoms with Gasteiger partial charge in [0, 0.05) is 19.1 Å². The summed E-state index contributed by atoms with van der Waals surface area (Å²) < 4.78 is 0. The number of nitrogens with two attached hydrogens (primary N) is 1. The van der Waals surface area contributed by atoms with Crippen molar-refractivity contribution in [2.45, 2.75) is 33.0 Å². The molecule has 2 nitrogen and oxygen atoms in total. The summed E-state index contributed by atoms with van der Waals surface area (Å²) in [7, 11) is 0. The highest BCUT2D eigenvalue weighted by Gasteiger charge is 2.19. The largest absolute Gasteiger partial charge is 0.330 e. The van der Waals surface area contributed by atoms with Crippen LogP contribution in [0.1, 0.15) is 25.0 Å². The average molecular weight is 282 g/mol. The molecule has 0 aliphatic carbocycles. The summed E-state index contributed by atoms with van der Waals surface area (Å²) in [6.07, 6.45) is 0. The van der Waals surface area contributed by atoms with E-state index < -0.39 is 0 Å². The van der Waals surface area contributed by atoms with Crippen LogP contribution in [0.3, 0.4) is 0 Å². The van der Waals surface area contributed by atoms with Gasteiger partial charge >= 0.3 is 0 Å². The Balaban J connectivity index is 2.13. The lowest BCUT2D eigenvalue weighted by Gasteiger charge is -2.33. The number of rotatable bonds is 7. The van der Waals surface area contributed by atoms with Gasteiger partial charge in [-0.05, 0) is 30.5 Å². The first-order valence-electron chi connectivity index (χ1n) is 7.72. The highest BCUT2D eigenvalue weighted by atomic mass is 15.2. The molecule has 0 bridgehead atoms. The van der Waals surface area contributed by atoms with Crippen molar-refractivity contribution < 1.29 is 0 Å². The lowest BCUT2D eigenvalue weighted by Crippen LogP contribution is -2.39. The van der Waals surface area contributed by atoms with Crippen molar-refractivity contribution in [2.24, 2.45) is 11.7 Å². The molecule has 0 radical (unpaired) electrons. The lowest BCUT2D eigenvalue weighted by molar-refractivity contribution is 0.147. The fourth-order valence-electron chi connectivity index (χ4n) is 2.54. The van der Waals surface area contributed by atoms with Gasteiger partial charge in [-0.1, -0.05) is 67.6 Å². The average Bonchev–Trinajstić information content (AvgIpc) is 2.54. The van der Waals surface area contributed by atoms with Crippen LogP contribution >= 0.6 is 0 Å². The fourth-order valence-corrected chi connectivity index (χ4v) is 2.54. The van der Waals surface area contributed by atoms with Crippen LogP contribution in [-0.2, 0) is 13.1 Å². The van der Waals surface area contributed by atoms with Crippen molar-refractivity contribution in [3.05, 3.63) is 71.8 Å². The van der Waals surface area contributed by atoms with Gasteiger partial charge in [-0.3, -0.25) is 4.90 Å².